The number of rotatable bonds is 5. The highest BCUT2D eigenvalue weighted by Gasteiger charge is 2.19. The van der Waals surface area contributed by atoms with E-state index in [9.17, 15) is 10.1 Å². The third-order valence-electron chi connectivity index (χ3n) is 2.63. The Labute approximate surface area is 103 Å². The fourth-order valence-electron chi connectivity index (χ4n) is 1.64. The molecule has 7 heteroatoms. The Morgan fingerprint density at radius 3 is 2.78 bits per heavy atom. The van der Waals surface area contributed by atoms with E-state index in [0.717, 1.165) is 13.0 Å². The number of non-ortho nitro benzene ring substituents is 1. The highest BCUT2D eigenvalue weighted by Crippen LogP contribution is 2.28. The summed E-state index contributed by atoms with van der Waals surface area (Å²) in [5.41, 5.74) is 1.18. The van der Waals surface area contributed by atoms with Crippen LogP contribution in [0.5, 0.6) is 0 Å². The van der Waals surface area contributed by atoms with Crippen molar-refractivity contribution in [1.82, 2.24) is 10.3 Å². The van der Waals surface area contributed by atoms with Crippen LogP contribution in [0.2, 0.25) is 0 Å². The van der Waals surface area contributed by atoms with Gasteiger partial charge in [0.1, 0.15) is 0 Å². The first-order valence-electron chi connectivity index (χ1n) is 5.73. The summed E-state index contributed by atoms with van der Waals surface area (Å²) in [6, 6.07) is 3.04. The van der Waals surface area contributed by atoms with Gasteiger partial charge in [-0.05, 0) is 28.7 Å². The third-order valence-corrected chi connectivity index (χ3v) is 2.63. The molecule has 96 valence electrons. The van der Waals surface area contributed by atoms with Gasteiger partial charge < -0.3 is 5.32 Å². The number of fused-ring (bicyclic) bond motifs is 1. The number of hydrogen-bond donors (Lipinski definition) is 1. The molecule has 1 aromatic carbocycles. The van der Waals surface area contributed by atoms with Gasteiger partial charge in [0.15, 0.2) is 5.52 Å². The van der Waals surface area contributed by atoms with Gasteiger partial charge >= 0.3 is 5.69 Å². The summed E-state index contributed by atoms with van der Waals surface area (Å²) in [6.45, 7) is 5.03. The second-order valence-electron chi connectivity index (χ2n) is 4.46. The van der Waals surface area contributed by atoms with Crippen molar-refractivity contribution in [1.29, 1.82) is 0 Å². The summed E-state index contributed by atoms with van der Waals surface area (Å²) in [5.74, 6) is 0.585. The smallest absolute Gasteiger partial charge is 0.300 e. The molecule has 0 fully saturated rings. The Kier molecular flexibility index (Phi) is 3.40. The fourth-order valence-corrected chi connectivity index (χ4v) is 1.64. The minimum atomic E-state index is -0.496. The summed E-state index contributed by atoms with van der Waals surface area (Å²) in [6.07, 6.45) is 1.00. The average molecular weight is 250 g/mol. The summed E-state index contributed by atoms with van der Waals surface area (Å²) in [7, 11) is 0. The molecule has 0 aliphatic carbocycles. The lowest BCUT2D eigenvalue weighted by Gasteiger charge is -2.07. The van der Waals surface area contributed by atoms with E-state index in [0.29, 0.717) is 17.1 Å². The normalized spacial score (nSPS) is 11.1. The van der Waals surface area contributed by atoms with Crippen molar-refractivity contribution < 1.29 is 9.55 Å². The molecule has 1 heterocycles. The van der Waals surface area contributed by atoms with E-state index in [1.807, 2.05) is 0 Å². The number of nitrogens with zero attached hydrogens (tertiary/aromatic N) is 3. The van der Waals surface area contributed by atoms with Gasteiger partial charge in [-0.2, -0.15) is 0 Å². The van der Waals surface area contributed by atoms with Gasteiger partial charge in [-0.25, -0.2) is 4.63 Å². The van der Waals surface area contributed by atoms with Gasteiger partial charge in [0, 0.05) is 12.6 Å². The van der Waals surface area contributed by atoms with Crippen LogP contribution in [0.15, 0.2) is 16.8 Å². The number of nitro groups is 1. The second kappa shape index (κ2) is 4.99. The van der Waals surface area contributed by atoms with E-state index < -0.39 is 4.92 Å². The number of benzene rings is 1. The third kappa shape index (κ3) is 2.39. The van der Waals surface area contributed by atoms with E-state index in [2.05, 4.69) is 34.1 Å². The van der Waals surface area contributed by atoms with Crippen LogP contribution in [0.1, 0.15) is 20.3 Å². The van der Waals surface area contributed by atoms with E-state index in [4.69, 9.17) is 0 Å². The maximum Gasteiger partial charge on any atom is 0.300 e. The molecule has 0 saturated heterocycles. The molecule has 0 unspecified atom stereocenters. The molecule has 0 aliphatic heterocycles. The molecule has 0 atom stereocenters. The maximum atomic E-state index is 10.8. The topological polar surface area (TPSA) is 94.1 Å². The van der Waals surface area contributed by atoms with Crippen LogP contribution >= 0.6 is 0 Å². The molecule has 18 heavy (non-hydrogen) atoms. The van der Waals surface area contributed by atoms with E-state index in [-0.39, 0.29) is 11.2 Å². The van der Waals surface area contributed by atoms with Crippen LogP contribution in [0, 0.1) is 16.0 Å². The molecule has 0 radical (unpaired) electrons. The van der Waals surface area contributed by atoms with Gasteiger partial charge in [-0.1, -0.05) is 13.8 Å². The Hall–Kier alpha value is -2.18. The van der Waals surface area contributed by atoms with Crippen LogP contribution in [0.3, 0.4) is 0 Å². The Balaban J connectivity index is 2.27. The molecule has 0 amide bonds. The number of aromatic nitrogens is 2. The van der Waals surface area contributed by atoms with Crippen LogP contribution in [0.25, 0.3) is 11.0 Å². The lowest BCUT2D eigenvalue weighted by molar-refractivity contribution is -0.383. The Morgan fingerprint density at radius 1 is 1.39 bits per heavy atom. The Bertz CT molecular complexity index is 564. The monoisotopic (exact) mass is 250 g/mol. The molecule has 0 saturated carbocycles. The number of hydrogen-bond acceptors (Lipinski definition) is 6. The fraction of sp³-hybridized carbons (Fsp3) is 0.455. The SMILES string of the molecule is CC(C)CCNc1ccc([N+](=O)[O-])c2nonc12. The summed E-state index contributed by atoms with van der Waals surface area (Å²) in [5, 5.41) is 21.3. The van der Waals surface area contributed by atoms with Crippen molar-refractivity contribution in [3.05, 3.63) is 22.2 Å². The van der Waals surface area contributed by atoms with Gasteiger partial charge in [0.05, 0.1) is 10.6 Å². The zero-order chi connectivity index (χ0) is 13.1. The highest BCUT2D eigenvalue weighted by atomic mass is 16.6. The van der Waals surface area contributed by atoms with Crippen LogP contribution in [0.4, 0.5) is 11.4 Å². The van der Waals surface area contributed by atoms with Crippen molar-refractivity contribution in [2.24, 2.45) is 5.92 Å². The average Bonchev–Trinajstić information content (AvgIpc) is 2.77. The van der Waals surface area contributed by atoms with Crippen LogP contribution in [-0.2, 0) is 0 Å². The van der Waals surface area contributed by atoms with Crippen molar-refractivity contribution in [2.75, 3.05) is 11.9 Å². The highest BCUT2D eigenvalue weighted by molar-refractivity contribution is 5.93. The zero-order valence-electron chi connectivity index (χ0n) is 10.2. The van der Waals surface area contributed by atoms with Crippen LogP contribution < -0.4 is 5.32 Å². The molecule has 7 nitrogen and oxygen atoms in total. The second-order valence-corrected chi connectivity index (χ2v) is 4.46. The summed E-state index contributed by atoms with van der Waals surface area (Å²) >= 11 is 0. The number of anilines is 1. The molecule has 0 aliphatic rings. The van der Waals surface area contributed by atoms with E-state index in [1.54, 1.807) is 6.07 Å². The predicted octanol–water partition coefficient (Wildman–Crippen LogP) is 2.59. The lowest BCUT2D eigenvalue weighted by atomic mass is 10.1. The van der Waals surface area contributed by atoms with Gasteiger partial charge in [-0.15, -0.1) is 0 Å². The Morgan fingerprint density at radius 2 is 2.11 bits per heavy atom. The van der Waals surface area contributed by atoms with Gasteiger partial charge in [-0.3, -0.25) is 10.1 Å². The molecule has 2 rings (SSSR count). The van der Waals surface area contributed by atoms with Gasteiger partial charge in [0.2, 0.25) is 5.52 Å². The first-order chi connectivity index (χ1) is 8.59. The minimum Gasteiger partial charge on any atom is -0.383 e. The molecule has 2 aromatic rings. The van der Waals surface area contributed by atoms with Gasteiger partial charge in [0.25, 0.3) is 0 Å². The molecule has 0 bridgehead atoms. The van der Waals surface area contributed by atoms with Crippen molar-refractivity contribution in [3.63, 3.8) is 0 Å². The van der Waals surface area contributed by atoms with Crippen LogP contribution in [-0.4, -0.2) is 21.8 Å². The number of nitro benzene ring substituents is 1. The predicted molar refractivity (Wildman–Crippen MR) is 66.4 cm³/mol. The quantitative estimate of drug-likeness (QED) is 0.647. The standard InChI is InChI=1S/C11H14N4O3/c1-7(2)5-6-12-8-3-4-9(15(16)17)11-10(8)13-18-14-11/h3-4,7,12H,5-6H2,1-2H3. The van der Waals surface area contributed by atoms with Crippen molar-refractivity contribution >= 4 is 22.4 Å². The molecule has 1 N–H and O–H groups in total. The minimum absolute atomic E-state index is 0.0966. The first kappa shape index (κ1) is 12.3. The summed E-state index contributed by atoms with van der Waals surface area (Å²) < 4.78 is 4.58. The molecular formula is C11H14N4O3. The van der Waals surface area contributed by atoms with Crippen molar-refractivity contribution in [3.8, 4) is 0 Å². The lowest BCUT2D eigenvalue weighted by Crippen LogP contribution is -2.05. The molecular weight excluding hydrogens is 236 g/mol. The number of nitrogens with one attached hydrogen (secondary N) is 1. The zero-order valence-corrected chi connectivity index (χ0v) is 10.2. The van der Waals surface area contributed by atoms with E-state index in [1.165, 1.54) is 6.07 Å². The molecule has 1 aromatic heterocycles. The summed E-state index contributed by atoms with van der Waals surface area (Å²) in [4.78, 5) is 10.3. The largest absolute Gasteiger partial charge is 0.383 e. The van der Waals surface area contributed by atoms with E-state index >= 15 is 0 Å². The van der Waals surface area contributed by atoms with Crippen molar-refractivity contribution in [2.45, 2.75) is 20.3 Å². The first-order valence-corrected chi connectivity index (χ1v) is 5.73. The molecule has 0 spiro atoms. The maximum absolute atomic E-state index is 10.8.